The number of fused-ring (bicyclic) bond motifs is 3. The summed E-state index contributed by atoms with van der Waals surface area (Å²) in [7, 11) is 6.24. The van der Waals surface area contributed by atoms with Crippen LogP contribution in [0.25, 0.3) is 32.3 Å². The molecule has 117 heavy (non-hydrogen) atoms. The molecule has 7 heterocycles. The maximum atomic E-state index is 14.0. The van der Waals surface area contributed by atoms with E-state index < -0.39 is 17.6 Å². The highest BCUT2D eigenvalue weighted by Crippen LogP contribution is 2.39. The molecule has 3 aliphatic heterocycles. The van der Waals surface area contributed by atoms with Crippen molar-refractivity contribution in [2.24, 2.45) is 0 Å². The lowest BCUT2D eigenvalue weighted by molar-refractivity contribution is -0.137. The minimum absolute atomic E-state index is 0.0555. The number of benzene rings is 8. The minimum Gasteiger partial charge on any atom is -0.383 e. The molecule has 0 spiro atoms. The van der Waals surface area contributed by atoms with Gasteiger partial charge >= 0.3 is 6.18 Å². The quantitative estimate of drug-likeness (QED) is 0.0660. The van der Waals surface area contributed by atoms with Gasteiger partial charge < -0.3 is 52.8 Å². The second-order valence-electron chi connectivity index (χ2n) is 29.4. The molecule has 594 valence electrons. The van der Waals surface area contributed by atoms with Crippen LogP contribution in [0.4, 0.5) is 53.4 Å². The average molecular weight is 1630 g/mol. The maximum Gasteiger partial charge on any atom is 0.418 e. The highest BCUT2D eigenvalue weighted by molar-refractivity contribution is 6.32. The summed E-state index contributed by atoms with van der Waals surface area (Å²) in [6, 6.07) is 48.2. The van der Waals surface area contributed by atoms with Crippen molar-refractivity contribution in [3.63, 3.8) is 0 Å². The number of nitrogens with zero attached hydrogens (tertiary/aromatic N) is 10. The lowest BCUT2D eigenvalue weighted by Gasteiger charge is -2.35. The third kappa shape index (κ3) is 21.3. The van der Waals surface area contributed by atoms with E-state index >= 15 is 0 Å². The molecule has 3 aliphatic rings. The number of anilines is 7. The summed E-state index contributed by atoms with van der Waals surface area (Å²) in [5.74, 6) is 18.8. The summed E-state index contributed by atoms with van der Waals surface area (Å²) in [6.45, 7) is 18.4. The lowest BCUT2D eigenvalue weighted by Crippen LogP contribution is -2.45. The minimum atomic E-state index is -4.57. The Labute approximate surface area is 693 Å². The second-order valence-corrected chi connectivity index (χ2v) is 30.7. The molecule has 19 nitrogen and oxygen atoms in total. The zero-order chi connectivity index (χ0) is 82.6. The molecule has 3 fully saturated rings. The van der Waals surface area contributed by atoms with Crippen molar-refractivity contribution in [2.45, 2.75) is 40.0 Å². The van der Waals surface area contributed by atoms with Crippen LogP contribution in [0.2, 0.25) is 15.1 Å². The largest absolute Gasteiger partial charge is 0.418 e. The van der Waals surface area contributed by atoms with E-state index in [2.05, 4.69) is 122 Å². The summed E-state index contributed by atoms with van der Waals surface area (Å²) in [4.78, 5) is 69.8. The predicted molar refractivity (Wildman–Crippen MR) is 466 cm³/mol. The van der Waals surface area contributed by atoms with Crippen LogP contribution in [0.1, 0.15) is 98.0 Å². The Bertz CT molecular complexity index is 5700. The molecular formula is C92H86Cl3F3N16O3. The SMILES string of the molecule is Cc1ccc(C(=O)Nc2ccc(CN3CCN(C)CC3)cc2)cc1C#Cc1c(N)ncc2ccc(Cl)cc12.Cc1ccc(C(=O)Nc2ccc(CN3CCN(C)CC3)nc2)cc1C#Cc1c(N)ncc2ccc(Cl)cc12.Cc1ccc(C(=O)Nc2ccc(N3CCN(C)CC3)c(C(F)(F)F)c2)cc1C#Cc1c(N)ncc2ccc(Cl)cc12. The number of rotatable bonds is 11. The van der Waals surface area contributed by atoms with Crippen molar-refractivity contribution >= 4 is 125 Å². The van der Waals surface area contributed by atoms with E-state index in [4.69, 9.17) is 52.0 Å². The van der Waals surface area contributed by atoms with E-state index in [-0.39, 0.29) is 34.6 Å². The maximum absolute atomic E-state index is 14.0. The predicted octanol–water partition coefficient (Wildman–Crippen LogP) is 16.0. The van der Waals surface area contributed by atoms with Gasteiger partial charge in [0.05, 0.1) is 39.8 Å². The van der Waals surface area contributed by atoms with Gasteiger partial charge in [-0.25, -0.2) is 15.0 Å². The van der Waals surface area contributed by atoms with Crippen LogP contribution in [0, 0.1) is 56.3 Å². The third-order valence-electron chi connectivity index (χ3n) is 20.8. The van der Waals surface area contributed by atoms with Crippen LogP contribution in [0.5, 0.6) is 0 Å². The molecule has 9 N–H and O–H groups in total. The summed E-state index contributed by atoms with van der Waals surface area (Å²) in [5, 5.41) is 15.4. The molecule has 0 bridgehead atoms. The van der Waals surface area contributed by atoms with Crippen molar-refractivity contribution in [2.75, 3.05) is 138 Å². The molecule has 15 rings (SSSR count). The fourth-order valence-electron chi connectivity index (χ4n) is 13.6. The highest BCUT2D eigenvalue weighted by atomic mass is 35.5. The monoisotopic (exact) mass is 1620 g/mol. The zero-order valence-electron chi connectivity index (χ0n) is 65.5. The van der Waals surface area contributed by atoms with Gasteiger partial charge in [0.15, 0.2) is 0 Å². The van der Waals surface area contributed by atoms with Gasteiger partial charge in [-0.05, 0) is 179 Å². The molecule has 8 aromatic carbocycles. The van der Waals surface area contributed by atoms with Gasteiger partial charge in [-0.2, -0.15) is 13.2 Å². The number of hydrogen-bond acceptors (Lipinski definition) is 16. The topological polar surface area (TPSA) is 236 Å². The Morgan fingerprint density at radius 1 is 0.402 bits per heavy atom. The number of aryl methyl sites for hydroxylation is 3. The number of hydrogen-bond donors (Lipinski definition) is 6. The van der Waals surface area contributed by atoms with E-state index in [1.165, 1.54) is 17.7 Å². The van der Waals surface area contributed by atoms with Crippen molar-refractivity contribution in [1.29, 1.82) is 0 Å². The number of alkyl halides is 3. The van der Waals surface area contributed by atoms with Gasteiger partial charge in [-0.1, -0.05) is 119 Å². The fourth-order valence-corrected chi connectivity index (χ4v) is 14.1. The number of likely N-dealkylation sites (N-methyl/N-ethyl adjacent to an activating group) is 3. The number of piperazine rings is 3. The summed E-state index contributed by atoms with van der Waals surface area (Å²) in [5.41, 5.74) is 29.2. The van der Waals surface area contributed by atoms with E-state index in [1.54, 1.807) is 78.2 Å². The molecule has 3 amide bonds. The van der Waals surface area contributed by atoms with Gasteiger partial charge in [-0.3, -0.25) is 29.2 Å². The van der Waals surface area contributed by atoms with Gasteiger partial charge in [0.25, 0.3) is 17.7 Å². The van der Waals surface area contributed by atoms with Crippen LogP contribution in [-0.4, -0.2) is 162 Å². The Kier molecular flexibility index (Phi) is 26.4. The summed E-state index contributed by atoms with van der Waals surface area (Å²) in [6.07, 6.45) is 2.19. The van der Waals surface area contributed by atoms with Crippen molar-refractivity contribution in [1.82, 2.24) is 44.4 Å². The molecule has 0 atom stereocenters. The highest BCUT2D eigenvalue weighted by Gasteiger charge is 2.36. The molecule has 3 saturated heterocycles. The number of pyridine rings is 4. The van der Waals surface area contributed by atoms with Crippen LogP contribution in [0.3, 0.4) is 0 Å². The van der Waals surface area contributed by atoms with Gasteiger partial charge in [0.2, 0.25) is 0 Å². The Hall–Kier alpha value is -12.1. The van der Waals surface area contributed by atoms with Gasteiger partial charge in [0, 0.05) is 208 Å². The number of carbonyl (C=O) groups is 3. The fraction of sp³-hybridized carbons (Fsp3) is 0.228. The lowest BCUT2D eigenvalue weighted by atomic mass is 10.0. The zero-order valence-corrected chi connectivity index (χ0v) is 67.8. The number of nitrogens with two attached hydrogens (primary N) is 3. The van der Waals surface area contributed by atoms with Crippen molar-refractivity contribution in [3.8, 4) is 35.5 Å². The molecule has 0 radical (unpaired) electrons. The number of amides is 3. The van der Waals surface area contributed by atoms with Crippen LogP contribution in [-0.2, 0) is 19.3 Å². The second kappa shape index (κ2) is 37.2. The Morgan fingerprint density at radius 3 is 1.16 bits per heavy atom. The van der Waals surface area contributed by atoms with E-state index in [0.29, 0.717) is 92.0 Å². The first-order chi connectivity index (χ1) is 56.2. The molecule has 4 aromatic heterocycles. The van der Waals surface area contributed by atoms with Crippen molar-refractivity contribution in [3.05, 3.63) is 287 Å². The Morgan fingerprint density at radius 2 is 0.769 bits per heavy atom. The molecule has 25 heteroatoms. The molecule has 0 aliphatic carbocycles. The van der Waals surface area contributed by atoms with E-state index in [0.717, 1.165) is 143 Å². The molecule has 12 aromatic rings. The number of aromatic nitrogens is 4. The summed E-state index contributed by atoms with van der Waals surface area (Å²) < 4.78 is 42.0. The third-order valence-corrected chi connectivity index (χ3v) is 21.5. The summed E-state index contributed by atoms with van der Waals surface area (Å²) >= 11 is 18.6. The first-order valence-corrected chi connectivity index (χ1v) is 39.2. The number of carbonyl (C=O) groups excluding carboxylic acids is 3. The number of halogens is 6. The molecule has 0 unspecified atom stereocenters. The molecule has 0 saturated carbocycles. The van der Waals surface area contributed by atoms with Crippen LogP contribution in [0.15, 0.2) is 189 Å². The van der Waals surface area contributed by atoms with Crippen LogP contribution < -0.4 is 38.1 Å². The average Bonchev–Trinajstić information content (AvgIpc) is 0.805. The first-order valence-electron chi connectivity index (χ1n) is 38.0. The van der Waals surface area contributed by atoms with E-state index in [9.17, 15) is 27.6 Å². The normalized spacial score (nSPS) is 14.1. The first kappa shape index (κ1) is 82.9. The van der Waals surface area contributed by atoms with E-state index in [1.807, 2.05) is 113 Å². The van der Waals surface area contributed by atoms with Crippen molar-refractivity contribution < 1.29 is 27.6 Å². The Balaban J connectivity index is 0.000000153. The standard InChI is InChI=1S/C31H27ClF3N5O.C31H30ClN5O.C30H29ClN6O/c1-19-3-4-21(15-20(19)6-9-25-26-16-23(32)7-5-22(26)18-37-29(25)36)30(41)38-24-8-10-28(27(17-24)31(33,34)35)40-13-11-39(2)12-14-40;1-21-3-6-24(17-23(21)8-12-28-29-18-26(32)9-7-25(29)19-34-30(28)33)31(38)35-27-10-4-22(5-11-27)20-37-15-13-36(2)14-16-37;1-20-3-4-22(15-21(20)6-10-27-28-16-24(31)7-5-23(28)17-34-29(27)32)30(38)35-25-8-9-26(33-18-25)19-37-13-11-36(2)12-14-37/h3-5,7-8,10,15-18H,11-14H2,1-2H3,(H2,36,37)(H,38,41);3-7,9-11,17-19H,13-16,20H2,1-2H3,(H2,33,34)(H,35,38);3-5,7-9,15-18H,11-14,19H2,1-2H3,(H2,32,34)(H,35,38). The smallest absolute Gasteiger partial charge is 0.383 e. The van der Waals surface area contributed by atoms with Gasteiger partial charge in [-0.15, -0.1) is 0 Å². The van der Waals surface area contributed by atoms with Crippen LogP contribution >= 0.6 is 34.8 Å². The van der Waals surface area contributed by atoms with Gasteiger partial charge in [0.1, 0.15) is 17.5 Å². The molecular weight excluding hydrogens is 1540 g/mol. The number of nitrogens with one attached hydrogen (secondary N) is 3. The number of nitrogen functional groups attached to an aromatic ring is 3.